The van der Waals surface area contributed by atoms with E-state index in [4.69, 9.17) is 11.6 Å². The van der Waals surface area contributed by atoms with Crippen LogP contribution in [-0.4, -0.2) is 9.57 Å². The fourth-order valence-corrected chi connectivity index (χ4v) is 3.27. The minimum absolute atomic E-state index is 0.196. The maximum atomic E-state index is 11.5. The summed E-state index contributed by atoms with van der Waals surface area (Å²) in [5.74, 6) is 0.457. The highest BCUT2D eigenvalue weighted by molar-refractivity contribution is 9.10. The molecule has 0 heterocycles. The Kier molecular flexibility index (Phi) is 4.92. The molecule has 0 aliphatic heterocycles. The Morgan fingerprint density at radius 1 is 1.50 bits per heavy atom. The second kappa shape index (κ2) is 5.50. The number of halogens is 2. The molecule has 1 fully saturated rings. The zero-order valence-corrected chi connectivity index (χ0v) is 11.0. The summed E-state index contributed by atoms with van der Waals surface area (Å²) in [5.41, 5.74) is 0. The van der Waals surface area contributed by atoms with Crippen molar-refractivity contribution in [3.8, 4) is 0 Å². The second-order valence-electron chi connectivity index (χ2n) is 4.22. The van der Waals surface area contributed by atoms with Gasteiger partial charge in [-0.1, -0.05) is 48.5 Å². The molecular weight excluding hydrogens is 263 g/mol. The fourth-order valence-electron chi connectivity index (χ4n) is 2.28. The van der Waals surface area contributed by atoms with E-state index in [-0.39, 0.29) is 5.24 Å². The van der Waals surface area contributed by atoms with Gasteiger partial charge in [0.1, 0.15) is 4.32 Å². The molecule has 0 radical (unpaired) electrons. The van der Waals surface area contributed by atoms with Gasteiger partial charge in [0.05, 0.1) is 0 Å². The topological polar surface area (TPSA) is 17.1 Å². The molecule has 0 aromatic rings. The van der Waals surface area contributed by atoms with E-state index in [9.17, 15) is 4.79 Å². The Balaban J connectivity index is 2.64. The van der Waals surface area contributed by atoms with Gasteiger partial charge in [-0.15, -0.1) is 0 Å². The average Bonchev–Trinajstić information content (AvgIpc) is 2.66. The molecule has 0 saturated heterocycles. The molecule has 0 spiro atoms. The monoisotopic (exact) mass is 280 g/mol. The van der Waals surface area contributed by atoms with E-state index < -0.39 is 4.32 Å². The largest absolute Gasteiger partial charge is 0.280 e. The molecule has 3 heteroatoms. The minimum Gasteiger partial charge on any atom is -0.280 e. The van der Waals surface area contributed by atoms with E-state index in [1.54, 1.807) is 0 Å². The molecule has 0 amide bonds. The number of hydrogen-bond donors (Lipinski definition) is 0. The molecule has 1 unspecified atom stereocenters. The molecule has 1 atom stereocenters. The van der Waals surface area contributed by atoms with Crippen molar-refractivity contribution in [2.75, 3.05) is 0 Å². The molecule has 82 valence electrons. The molecule has 0 aromatic carbocycles. The van der Waals surface area contributed by atoms with Crippen LogP contribution < -0.4 is 0 Å². The quantitative estimate of drug-likeness (QED) is 0.543. The Labute approximate surface area is 99.7 Å². The minimum atomic E-state index is -0.429. The average molecular weight is 282 g/mol. The maximum Gasteiger partial charge on any atom is 0.238 e. The molecule has 0 N–H and O–H groups in total. The van der Waals surface area contributed by atoms with E-state index in [0.717, 1.165) is 32.1 Å². The van der Waals surface area contributed by atoms with Crippen LogP contribution in [-0.2, 0) is 4.79 Å². The predicted molar refractivity (Wildman–Crippen MR) is 64.0 cm³/mol. The molecule has 1 nitrogen and oxygen atoms in total. The number of hydrogen-bond acceptors (Lipinski definition) is 1. The van der Waals surface area contributed by atoms with Crippen molar-refractivity contribution in [2.45, 2.75) is 56.2 Å². The molecular formula is C11H18BrClO. The lowest BCUT2D eigenvalue weighted by Crippen LogP contribution is -2.36. The van der Waals surface area contributed by atoms with Gasteiger partial charge in [-0.25, -0.2) is 0 Å². The molecule has 14 heavy (non-hydrogen) atoms. The van der Waals surface area contributed by atoms with Crippen molar-refractivity contribution >= 4 is 32.8 Å². The van der Waals surface area contributed by atoms with Crippen LogP contribution in [0.3, 0.4) is 0 Å². The summed E-state index contributed by atoms with van der Waals surface area (Å²) in [6.45, 7) is 2.14. The van der Waals surface area contributed by atoms with Gasteiger partial charge in [-0.2, -0.15) is 0 Å². The Morgan fingerprint density at radius 3 is 2.50 bits per heavy atom. The molecule has 0 bridgehead atoms. The summed E-state index contributed by atoms with van der Waals surface area (Å²) in [4.78, 5) is 11.5. The summed E-state index contributed by atoms with van der Waals surface area (Å²) in [6, 6.07) is 0. The van der Waals surface area contributed by atoms with Crippen LogP contribution >= 0.6 is 27.5 Å². The highest BCUT2D eigenvalue weighted by Gasteiger charge is 2.42. The summed E-state index contributed by atoms with van der Waals surface area (Å²) >= 11 is 9.31. The maximum absolute atomic E-state index is 11.5. The van der Waals surface area contributed by atoms with Crippen molar-refractivity contribution in [1.82, 2.24) is 0 Å². The molecule has 1 saturated carbocycles. The van der Waals surface area contributed by atoms with Gasteiger partial charge >= 0.3 is 0 Å². The van der Waals surface area contributed by atoms with E-state index >= 15 is 0 Å². The van der Waals surface area contributed by atoms with Crippen LogP contribution in [0.25, 0.3) is 0 Å². The van der Waals surface area contributed by atoms with Crippen LogP contribution in [0.2, 0.25) is 0 Å². The van der Waals surface area contributed by atoms with Crippen molar-refractivity contribution < 1.29 is 4.79 Å². The van der Waals surface area contributed by atoms with Gasteiger partial charge in [0, 0.05) is 0 Å². The summed E-state index contributed by atoms with van der Waals surface area (Å²) in [5, 5.41) is -0.196. The number of carbonyl (C=O) groups excluding carboxylic acids is 1. The van der Waals surface area contributed by atoms with Crippen molar-refractivity contribution in [1.29, 1.82) is 0 Å². The van der Waals surface area contributed by atoms with E-state index in [0.29, 0.717) is 5.92 Å². The first-order valence-corrected chi connectivity index (χ1v) is 6.67. The van der Waals surface area contributed by atoms with Gasteiger partial charge in [-0.05, 0) is 36.8 Å². The second-order valence-corrected chi connectivity index (χ2v) is 5.98. The van der Waals surface area contributed by atoms with Gasteiger partial charge in [0.2, 0.25) is 5.24 Å². The first-order chi connectivity index (χ1) is 6.61. The summed E-state index contributed by atoms with van der Waals surface area (Å²) in [7, 11) is 0. The third kappa shape index (κ3) is 2.73. The lowest BCUT2D eigenvalue weighted by Gasteiger charge is -2.29. The van der Waals surface area contributed by atoms with Gasteiger partial charge in [0.25, 0.3) is 0 Å². The lowest BCUT2D eigenvalue weighted by molar-refractivity contribution is -0.115. The Hall–Kier alpha value is 0.440. The molecule has 0 aromatic heterocycles. The highest BCUT2D eigenvalue weighted by atomic mass is 79.9. The fraction of sp³-hybridized carbons (Fsp3) is 0.909. The van der Waals surface area contributed by atoms with Gasteiger partial charge < -0.3 is 0 Å². The third-order valence-corrected chi connectivity index (χ3v) is 5.19. The van der Waals surface area contributed by atoms with Crippen LogP contribution in [0.4, 0.5) is 0 Å². The van der Waals surface area contributed by atoms with E-state index in [1.807, 2.05) is 0 Å². The van der Waals surface area contributed by atoms with Crippen molar-refractivity contribution in [2.24, 2.45) is 5.92 Å². The standard InChI is InChI=1S/C11H18BrClO/c1-2-3-8-11(12,10(13)14)9-6-4-5-7-9/h9H,2-8H2,1H3. The lowest BCUT2D eigenvalue weighted by atomic mass is 9.87. The van der Waals surface area contributed by atoms with Crippen molar-refractivity contribution in [3.63, 3.8) is 0 Å². The summed E-state index contributed by atoms with van der Waals surface area (Å²) < 4.78 is -0.429. The van der Waals surface area contributed by atoms with Gasteiger partial charge in [-0.3, -0.25) is 4.79 Å². The zero-order valence-electron chi connectivity index (χ0n) is 8.69. The highest BCUT2D eigenvalue weighted by Crippen LogP contribution is 2.44. The first kappa shape index (κ1) is 12.5. The Morgan fingerprint density at radius 2 is 2.07 bits per heavy atom. The number of alkyl halides is 1. The summed E-state index contributed by atoms with van der Waals surface area (Å²) in [6.07, 6.45) is 7.85. The van der Waals surface area contributed by atoms with Crippen LogP contribution in [0, 0.1) is 5.92 Å². The molecule has 1 aliphatic carbocycles. The van der Waals surface area contributed by atoms with Gasteiger partial charge in [0.15, 0.2) is 0 Å². The normalized spacial score (nSPS) is 22.2. The SMILES string of the molecule is CCCCC(Br)(C(=O)Cl)C1CCCC1. The first-order valence-electron chi connectivity index (χ1n) is 5.50. The van der Waals surface area contributed by atoms with Crippen molar-refractivity contribution in [3.05, 3.63) is 0 Å². The van der Waals surface area contributed by atoms with Crippen LogP contribution in [0.5, 0.6) is 0 Å². The van der Waals surface area contributed by atoms with E-state index in [2.05, 4.69) is 22.9 Å². The predicted octanol–water partition coefficient (Wildman–Crippen LogP) is 4.27. The zero-order chi connectivity index (χ0) is 10.6. The number of unbranched alkanes of at least 4 members (excludes halogenated alkanes) is 1. The Bertz CT molecular complexity index is 201. The number of carbonyl (C=O) groups is 1. The van der Waals surface area contributed by atoms with Crippen LogP contribution in [0.15, 0.2) is 0 Å². The molecule has 1 rings (SSSR count). The molecule has 1 aliphatic rings. The van der Waals surface area contributed by atoms with E-state index in [1.165, 1.54) is 12.8 Å². The smallest absolute Gasteiger partial charge is 0.238 e. The van der Waals surface area contributed by atoms with Crippen LogP contribution in [0.1, 0.15) is 51.9 Å². The number of rotatable bonds is 5. The third-order valence-electron chi connectivity index (χ3n) is 3.22.